The van der Waals surface area contributed by atoms with Gasteiger partial charge in [-0.05, 0) is 37.8 Å². The third-order valence-corrected chi connectivity index (χ3v) is 5.66. The van der Waals surface area contributed by atoms with E-state index in [9.17, 15) is 9.59 Å². The molecule has 1 aliphatic rings. The molecule has 0 radical (unpaired) electrons. The van der Waals surface area contributed by atoms with Crippen LogP contribution in [0.3, 0.4) is 0 Å². The van der Waals surface area contributed by atoms with Crippen molar-refractivity contribution in [3.63, 3.8) is 0 Å². The van der Waals surface area contributed by atoms with E-state index in [1.165, 1.54) is 11.8 Å². The van der Waals surface area contributed by atoms with Crippen LogP contribution < -0.4 is 10.9 Å². The Morgan fingerprint density at radius 1 is 1.37 bits per heavy atom. The van der Waals surface area contributed by atoms with Gasteiger partial charge in [0.15, 0.2) is 5.16 Å². The van der Waals surface area contributed by atoms with E-state index in [1.54, 1.807) is 10.6 Å². The highest BCUT2D eigenvalue weighted by molar-refractivity contribution is 8.00. The predicted molar refractivity (Wildman–Crippen MR) is 108 cm³/mol. The quantitative estimate of drug-likeness (QED) is 0.582. The lowest BCUT2D eigenvalue weighted by Crippen LogP contribution is -2.34. The Labute approximate surface area is 163 Å². The highest BCUT2D eigenvalue weighted by atomic mass is 32.2. The van der Waals surface area contributed by atoms with E-state index in [4.69, 9.17) is 4.74 Å². The second-order valence-corrected chi connectivity index (χ2v) is 8.67. The minimum atomic E-state index is -0.340. The fourth-order valence-corrected chi connectivity index (χ4v) is 3.99. The van der Waals surface area contributed by atoms with Crippen LogP contribution in [0.5, 0.6) is 0 Å². The fraction of sp³-hybridized carbons (Fsp3) is 0.550. The third-order valence-electron chi connectivity index (χ3n) is 4.57. The van der Waals surface area contributed by atoms with E-state index < -0.39 is 0 Å². The van der Waals surface area contributed by atoms with Crippen molar-refractivity contribution in [1.29, 1.82) is 0 Å². The number of thioether (sulfide) groups is 1. The number of aromatic nitrogens is 2. The summed E-state index contributed by atoms with van der Waals surface area (Å²) in [4.78, 5) is 30.1. The normalized spacial score (nSPS) is 18.1. The summed E-state index contributed by atoms with van der Waals surface area (Å²) >= 11 is 1.33. The second kappa shape index (κ2) is 8.89. The van der Waals surface area contributed by atoms with E-state index in [1.807, 2.05) is 25.1 Å². The largest absolute Gasteiger partial charge is 0.376 e. The predicted octanol–water partition coefficient (Wildman–Crippen LogP) is 2.83. The van der Waals surface area contributed by atoms with Crippen LogP contribution >= 0.6 is 11.8 Å². The van der Waals surface area contributed by atoms with E-state index in [0.717, 1.165) is 19.4 Å². The number of hydrogen-bond donors (Lipinski definition) is 1. The van der Waals surface area contributed by atoms with Crippen molar-refractivity contribution < 1.29 is 9.53 Å². The maximum Gasteiger partial charge on any atom is 0.262 e. The molecule has 0 bridgehead atoms. The molecule has 1 aromatic carbocycles. The summed E-state index contributed by atoms with van der Waals surface area (Å²) < 4.78 is 7.40. The van der Waals surface area contributed by atoms with Gasteiger partial charge in [-0.25, -0.2) is 4.98 Å². The van der Waals surface area contributed by atoms with Crippen LogP contribution in [0.25, 0.3) is 10.9 Å². The van der Waals surface area contributed by atoms with Crippen molar-refractivity contribution in [3.8, 4) is 0 Å². The summed E-state index contributed by atoms with van der Waals surface area (Å²) in [5.74, 6) is 0.349. The third kappa shape index (κ3) is 4.90. The molecule has 1 aliphatic heterocycles. The number of para-hydroxylation sites is 1. The van der Waals surface area contributed by atoms with Gasteiger partial charge in [-0.1, -0.05) is 37.7 Å². The molecule has 0 spiro atoms. The number of fused-ring (bicyclic) bond motifs is 1. The van der Waals surface area contributed by atoms with E-state index in [2.05, 4.69) is 24.1 Å². The molecule has 0 unspecified atom stereocenters. The Hall–Kier alpha value is -1.86. The van der Waals surface area contributed by atoms with Crippen LogP contribution in [-0.4, -0.2) is 40.0 Å². The van der Waals surface area contributed by atoms with Crippen LogP contribution in [0.15, 0.2) is 34.2 Å². The maximum atomic E-state index is 13.1. The number of ether oxygens (including phenoxy) is 1. The van der Waals surface area contributed by atoms with Gasteiger partial charge in [0.05, 0.1) is 28.8 Å². The average Bonchev–Trinajstić information content (AvgIpc) is 3.16. The highest BCUT2D eigenvalue weighted by Gasteiger charge is 2.23. The number of benzene rings is 1. The molecule has 6 nitrogen and oxygen atoms in total. The molecule has 1 aromatic heterocycles. The number of carbonyl (C=O) groups excluding carboxylic acids is 1. The van der Waals surface area contributed by atoms with Crippen LogP contribution in [0.2, 0.25) is 0 Å². The Morgan fingerprint density at radius 2 is 2.15 bits per heavy atom. The zero-order valence-electron chi connectivity index (χ0n) is 16.1. The zero-order valence-corrected chi connectivity index (χ0v) is 16.9. The summed E-state index contributed by atoms with van der Waals surface area (Å²) in [6, 6.07) is 7.34. The molecule has 3 rings (SSSR count). The zero-order chi connectivity index (χ0) is 19.4. The number of amides is 1. The molecule has 1 amide bonds. The smallest absolute Gasteiger partial charge is 0.262 e. The molecular formula is C20H27N3O3S. The standard InChI is InChI=1S/C20H27N3O3S/c1-13(2)11-21-18(24)14(3)27-20-22-17-9-5-4-8-16(17)19(25)23(20)12-15-7-6-10-26-15/h4-5,8-9,13-15H,6-7,10-12H2,1-3H3,(H,21,24)/t14-,15+/m0/s1. The van der Waals surface area contributed by atoms with Gasteiger partial charge in [0.1, 0.15) is 0 Å². The molecule has 0 saturated carbocycles. The molecule has 146 valence electrons. The van der Waals surface area contributed by atoms with Gasteiger partial charge in [0.2, 0.25) is 5.91 Å². The molecule has 1 N–H and O–H groups in total. The van der Waals surface area contributed by atoms with Gasteiger partial charge in [0.25, 0.3) is 5.56 Å². The summed E-state index contributed by atoms with van der Waals surface area (Å²) in [6.07, 6.45) is 1.97. The Balaban J connectivity index is 1.89. The van der Waals surface area contributed by atoms with E-state index >= 15 is 0 Å². The van der Waals surface area contributed by atoms with Crippen molar-refractivity contribution in [2.75, 3.05) is 13.2 Å². The van der Waals surface area contributed by atoms with Crippen LogP contribution in [0.4, 0.5) is 0 Å². The molecule has 1 fully saturated rings. The molecule has 1 saturated heterocycles. The summed E-state index contributed by atoms with van der Waals surface area (Å²) in [5, 5.41) is 3.77. The topological polar surface area (TPSA) is 73.2 Å². The molecule has 2 aromatic rings. The summed E-state index contributed by atoms with van der Waals surface area (Å²) in [5.41, 5.74) is 0.580. The lowest BCUT2D eigenvalue weighted by atomic mass is 10.2. The van der Waals surface area contributed by atoms with Crippen molar-refractivity contribution in [3.05, 3.63) is 34.6 Å². The summed E-state index contributed by atoms with van der Waals surface area (Å²) in [6.45, 7) is 7.80. The Morgan fingerprint density at radius 3 is 2.85 bits per heavy atom. The SMILES string of the molecule is CC(C)CNC(=O)[C@H](C)Sc1nc2ccccc2c(=O)n1C[C@H]1CCCO1. The number of carbonyl (C=O) groups is 1. The first-order valence-electron chi connectivity index (χ1n) is 9.51. The van der Waals surface area contributed by atoms with Crippen molar-refractivity contribution in [1.82, 2.24) is 14.9 Å². The van der Waals surface area contributed by atoms with E-state index in [-0.39, 0.29) is 22.8 Å². The maximum absolute atomic E-state index is 13.1. The van der Waals surface area contributed by atoms with Crippen LogP contribution in [-0.2, 0) is 16.1 Å². The van der Waals surface area contributed by atoms with Gasteiger partial charge in [-0.2, -0.15) is 0 Å². The molecule has 0 aliphatic carbocycles. The highest BCUT2D eigenvalue weighted by Crippen LogP contribution is 2.24. The summed E-state index contributed by atoms with van der Waals surface area (Å²) in [7, 11) is 0. The average molecular weight is 390 g/mol. The number of rotatable bonds is 7. The van der Waals surface area contributed by atoms with Gasteiger partial charge >= 0.3 is 0 Å². The monoisotopic (exact) mass is 389 g/mol. The molecule has 2 heterocycles. The van der Waals surface area contributed by atoms with Gasteiger partial charge in [-0.3, -0.25) is 14.2 Å². The second-order valence-electron chi connectivity index (χ2n) is 7.36. The fourth-order valence-electron chi connectivity index (χ4n) is 3.05. The first-order valence-corrected chi connectivity index (χ1v) is 10.4. The lowest BCUT2D eigenvalue weighted by molar-refractivity contribution is -0.120. The minimum Gasteiger partial charge on any atom is -0.376 e. The first-order chi connectivity index (χ1) is 13.0. The minimum absolute atomic E-state index is 0.0232. The van der Waals surface area contributed by atoms with Crippen molar-refractivity contribution in [2.24, 2.45) is 5.92 Å². The van der Waals surface area contributed by atoms with E-state index in [0.29, 0.717) is 35.1 Å². The van der Waals surface area contributed by atoms with Gasteiger partial charge in [0, 0.05) is 13.2 Å². The number of nitrogens with zero attached hydrogens (tertiary/aromatic N) is 2. The van der Waals surface area contributed by atoms with Crippen molar-refractivity contribution in [2.45, 2.75) is 56.7 Å². The molecular weight excluding hydrogens is 362 g/mol. The van der Waals surface area contributed by atoms with Crippen LogP contribution in [0.1, 0.15) is 33.6 Å². The Bertz CT molecular complexity index is 859. The molecule has 27 heavy (non-hydrogen) atoms. The number of hydrogen-bond acceptors (Lipinski definition) is 5. The van der Waals surface area contributed by atoms with Gasteiger partial charge in [-0.15, -0.1) is 0 Å². The Kier molecular flexibility index (Phi) is 6.55. The van der Waals surface area contributed by atoms with Gasteiger partial charge < -0.3 is 10.1 Å². The number of nitrogens with one attached hydrogen (secondary N) is 1. The molecule has 2 atom stereocenters. The van der Waals surface area contributed by atoms with Crippen LogP contribution in [0, 0.1) is 5.92 Å². The lowest BCUT2D eigenvalue weighted by Gasteiger charge is -2.18. The van der Waals surface area contributed by atoms with Crippen molar-refractivity contribution >= 4 is 28.6 Å². The first kappa shape index (κ1) is 19.9. The molecule has 7 heteroatoms.